The molecule has 0 fully saturated rings. The van der Waals surface area contributed by atoms with E-state index in [1.807, 2.05) is 19.9 Å². The molecular weight excluding hydrogens is 180 g/mol. The smallest absolute Gasteiger partial charge is 0.244 e. The maximum Gasteiger partial charge on any atom is 0.244 e. The Bertz CT molecular complexity index is 314. The van der Waals surface area contributed by atoms with Crippen molar-refractivity contribution in [1.29, 1.82) is 0 Å². The second-order valence-corrected chi connectivity index (χ2v) is 4.41. The lowest BCUT2D eigenvalue weighted by atomic mass is 10.1. The molecule has 0 saturated heterocycles. The minimum atomic E-state index is -0.917. The second kappa shape index (κ2) is 3.12. The lowest BCUT2D eigenvalue weighted by Gasteiger charge is -2.19. The monoisotopic (exact) mass is 196 g/mol. The minimum absolute atomic E-state index is 0.341. The average Bonchev–Trinajstić information content (AvgIpc) is 2.28. The zero-order valence-corrected chi connectivity index (χ0v) is 9.00. The third kappa shape index (κ3) is 2.34. The first-order valence-corrected chi connectivity index (χ1v) is 4.51. The van der Waals surface area contributed by atoms with Gasteiger partial charge in [-0.2, -0.15) is 0 Å². The lowest BCUT2D eigenvalue weighted by Crippen LogP contribution is -2.37. The second-order valence-electron chi connectivity index (χ2n) is 4.41. The standard InChI is InChI=1S/C10H16N2O2/c1-9(2)6-5-7(14-9)12-10(3,4)8(11)13/h5-6H,1-4H3,(H2,11,13). The Kier molecular flexibility index (Phi) is 2.39. The van der Waals surface area contributed by atoms with Crippen LogP contribution in [0.3, 0.4) is 0 Å². The van der Waals surface area contributed by atoms with Crippen LogP contribution in [-0.4, -0.2) is 22.9 Å². The molecule has 4 nitrogen and oxygen atoms in total. The van der Waals surface area contributed by atoms with Crippen molar-refractivity contribution >= 4 is 11.8 Å². The summed E-state index contributed by atoms with van der Waals surface area (Å²) in [4.78, 5) is 15.1. The van der Waals surface area contributed by atoms with E-state index in [1.54, 1.807) is 19.9 Å². The van der Waals surface area contributed by atoms with Gasteiger partial charge in [0.15, 0.2) is 0 Å². The molecule has 1 amide bonds. The Hall–Kier alpha value is -1.32. The van der Waals surface area contributed by atoms with Gasteiger partial charge in [0.05, 0.1) is 0 Å². The first-order chi connectivity index (χ1) is 6.23. The molecule has 14 heavy (non-hydrogen) atoms. The highest BCUT2D eigenvalue weighted by atomic mass is 16.5. The van der Waals surface area contributed by atoms with E-state index in [0.717, 1.165) is 0 Å². The van der Waals surface area contributed by atoms with E-state index in [4.69, 9.17) is 10.5 Å². The lowest BCUT2D eigenvalue weighted by molar-refractivity contribution is -0.121. The van der Waals surface area contributed by atoms with Gasteiger partial charge in [0.25, 0.3) is 0 Å². The van der Waals surface area contributed by atoms with Gasteiger partial charge in [0.1, 0.15) is 11.1 Å². The minimum Gasteiger partial charge on any atom is -0.468 e. The Labute approximate surface area is 83.8 Å². The molecule has 78 valence electrons. The average molecular weight is 196 g/mol. The fraction of sp³-hybridized carbons (Fsp3) is 0.600. The molecule has 0 radical (unpaired) electrons. The number of nitrogens with zero attached hydrogens (tertiary/aromatic N) is 1. The van der Waals surface area contributed by atoms with Gasteiger partial charge in [-0.15, -0.1) is 0 Å². The summed E-state index contributed by atoms with van der Waals surface area (Å²) in [5, 5.41) is 0. The number of aliphatic imine (C=N–C) groups is 1. The zero-order chi connectivity index (χ0) is 11.0. The molecule has 0 aromatic carbocycles. The Morgan fingerprint density at radius 1 is 1.57 bits per heavy atom. The topological polar surface area (TPSA) is 64.7 Å². The van der Waals surface area contributed by atoms with Crippen molar-refractivity contribution in [2.45, 2.75) is 38.8 Å². The third-order valence-corrected chi connectivity index (χ3v) is 1.99. The quantitative estimate of drug-likeness (QED) is 0.716. The van der Waals surface area contributed by atoms with E-state index >= 15 is 0 Å². The maximum absolute atomic E-state index is 11.0. The molecule has 1 heterocycles. The fourth-order valence-corrected chi connectivity index (χ4v) is 1.00. The molecule has 2 N–H and O–H groups in total. The molecule has 0 unspecified atom stereocenters. The SMILES string of the molecule is CC1(C)C=CC(=NC(C)(C)C(N)=O)O1. The van der Waals surface area contributed by atoms with Crippen molar-refractivity contribution < 1.29 is 9.53 Å². The summed E-state index contributed by atoms with van der Waals surface area (Å²) in [6.45, 7) is 7.16. The molecule has 1 aliphatic heterocycles. The summed E-state index contributed by atoms with van der Waals surface area (Å²) in [5.74, 6) is -0.00879. The first kappa shape index (κ1) is 10.8. The van der Waals surface area contributed by atoms with Crippen LogP contribution in [-0.2, 0) is 9.53 Å². The summed E-state index contributed by atoms with van der Waals surface area (Å²) in [5.41, 5.74) is 3.93. The number of amides is 1. The van der Waals surface area contributed by atoms with Crippen LogP contribution in [0.5, 0.6) is 0 Å². The maximum atomic E-state index is 11.0. The van der Waals surface area contributed by atoms with Gasteiger partial charge < -0.3 is 10.5 Å². The highest BCUT2D eigenvalue weighted by Crippen LogP contribution is 2.20. The van der Waals surface area contributed by atoms with Gasteiger partial charge in [0.2, 0.25) is 11.8 Å². The van der Waals surface area contributed by atoms with Crippen molar-refractivity contribution in [1.82, 2.24) is 0 Å². The van der Waals surface area contributed by atoms with Gasteiger partial charge in [-0.3, -0.25) is 4.79 Å². The predicted octanol–water partition coefficient (Wildman–Crippen LogP) is 1.01. The first-order valence-electron chi connectivity index (χ1n) is 4.51. The van der Waals surface area contributed by atoms with Gasteiger partial charge in [-0.05, 0) is 39.8 Å². The third-order valence-electron chi connectivity index (χ3n) is 1.99. The Morgan fingerprint density at radius 2 is 2.14 bits per heavy atom. The highest BCUT2D eigenvalue weighted by molar-refractivity contribution is 5.94. The largest absolute Gasteiger partial charge is 0.468 e. The van der Waals surface area contributed by atoms with Crippen LogP contribution in [0.15, 0.2) is 17.1 Å². The number of rotatable bonds is 2. The van der Waals surface area contributed by atoms with Crippen LogP contribution in [0.1, 0.15) is 27.7 Å². The van der Waals surface area contributed by atoms with Crippen LogP contribution in [0.4, 0.5) is 0 Å². The molecule has 0 aromatic heterocycles. The summed E-state index contributed by atoms with van der Waals surface area (Å²) >= 11 is 0. The van der Waals surface area contributed by atoms with Crippen LogP contribution in [0.25, 0.3) is 0 Å². The molecular formula is C10H16N2O2. The van der Waals surface area contributed by atoms with E-state index in [1.165, 1.54) is 0 Å². The molecule has 0 bridgehead atoms. The summed E-state index contributed by atoms with van der Waals surface area (Å²) in [6.07, 6.45) is 3.65. The number of primary amides is 1. The van der Waals surface area contributed by atoms with E-state index in [-0.39, 0.29) is 5.60 Å². The Morgan fingerprint density at radius 3 is 2.50 bits per heavy atom. The summed E-state index contributed by atoms with van der Waals surface area (Å²) < 4.78 is 5.47. The molecule has 1 aliphatic rings. The number of hydrogen-bond acceptors (Lipinski definition) is 3. The van der Waals surface area contributed by atoms with Crippen LogP contribution < -0.4 is 5.73 Å². The van der Waals surface area contributed by atoms with Crippen molar-refractivity contribution in [3.8, 4) is 0 Å². The van der Waals surface area contributed by atoms with E-state index in [9.17, 15) is 4.79 Å². The highest BCUT2D eigenvalue weighted by Gasteiger charge is 2.29. The van der Waals surface area contributed by atoms with Gasteiger partial charge >= 0.3 is 0 Å². The van der Waals surface area contributed by atoms with Gasteiger partial charge in [0, 0.05) is 0 Å². The van der Waals surface area contributed by atoms with Gasteiger partial charge in [-0.1, -0.05) is 0 Å². The van der Waals surface area contributed by atoms with E-state index in [2.05, 4.69) is 4.99 Å². The van der Waals surface area contributed by atoms with Crippen LogP contribution in [0.2, 0.25) is 0 Å². The van der Waals surface area contributed by atoms with E-state index in [0.29, 0.717) is 5.90 Å². The Balaban J connectivity index is 2.83. The molecule has 0 aliphatic carbocycles. The zero-order valence-electron chi connectivity index (χ0n) is 9.00. The predicted molar refractivity (Wildman–Crippen MR) is 55.0 cm³/mol. The molecule has 0 aromatic rings. The van der Waals surface area contributed by atoms with E-state index < -0.39 is 11.4 Å². The van der Waals surface area contributed by atoms with Crippen molar-refractivity contribution in [3.63, 3.8) is 0 Å². The number of hydrogen-bond donors (Lipinski definition) is 1. The number of ether oxygens (including phenoxy) is 1. The molecule has 0 spiro atoms. The summed E-state index contributed by atoms with van der Waals surface area (Å²) in [6, 6.07) is 0. The number of carbonyl (C=O) groups excluding carboxylic acids is 1. The van der Waals surface area contributed by atoms with Crippen molar-refractivity contribution in [2.75, 3.05) is 0 Å². The normalized spacial score (nSPS) is 22.4. The number of carbonyl (C=O) groups is 1. The van der Waals surface area contributed by atoms with Gasteiger partial charge in [-0.25, -0.2) is 4.99 Å². The van der Waals surface area contributed by atoms with Crippen LogP contribution in [0, 0.1) is 0 Å². The fourth-order valence-electron chi connectivity index (χ4n) is 1.00. The molecule has 1 rings (SSSR count). The molecule has 4 heteroatoms. The molecule has 0 saturated carbocycles. The summed E-state index contributed by atoms with van der Waals surface area (Å²) in [7, 11) is 0. The van der Waals surface area contributed by atoms with Crippen molar-refractivity contribution in [2.24, 2.45) is 10.7 Å². The van der Waals surface area contributed by atoms with Crippen molar-refractivity contribution in [3.05, 3.63) is 12.2 Å². The van der Waals surface area contributed by atoms with Crippen LogP contribution >= 0.6 is 0 Å². The number of nitrogens with two attached hydrogens (primary N) is 1. The molecule has 0 atom stereocenters.